The third kappa shape index (κ3) is 2.80. The number of nitrogens with zero attached hydrogens (tertiary/aromatic N) is 3. The number of aromatic amines is 1. The van der Waals surface area contributed by atoms with Gasteiger partial charge in [-0.25, -0.2) is 9.97 Å². The topological polar surface area (TPSA) is 50.6 Å². The van der Waals surface area contributed by atoms with Gasteiger partial charge in [-0.05, 0) is 18.2 Å². The monoisotopic (exact) mass is 319 g/mol. The Kier molecular flexibility index (Phi) is 3.83. The van der Waals surface area contributed by atoms with E-state index in [1.54, 1.807) is 0 Å². The van der Waals surface area contributed by atoms with Crippen LogP contribution in [0.4, 0.5) is 5.82 Å². The van der Waals surface area contributed by atoms with Crippen molar-refractivity contribution in [3.63, 3.8) is 0 Å². The number of rotatable bonds is 2. The van der Waals surface area contributed by atoms with Crippen molar-refractivity contribution in [1.29, 1.82) is 0 Å². The number of piperazine rings is 1. The first-order valence-electron chi connectivity index (χ1n) is 8.18. The average Bonchev–Trinajstić information content (AvgIpc) is 2.68. The second kappa shape index (κ2) is 6.28. The first-order chi connectivity index (χ1) is 11.8. The van der Waals surface area contributed by atoms with Crippen LogP contribution in [0.25, 0.3) is 10.9 Å². The molecule has 2 aromatic heterocycles. The number of para-hydroxylation sites is 1. The molecule has 5 nitrogen and oxygen atoms in total. The van der Waals surface area contributed by atoms with Crippen molar-refractivity contribution in [3.05, 3.63) is 66.5 Å². The van der Waals surface area contributed by atoms with E-state index in [1.165, 1.54) is 0 Å². The van der Waals surface area contributed by atoms with Gasteiger partial charge in [0.15, 0.2) is 0 Å². The number of amides is 1. The molecule has 1 aliphatic heterocycles. The van der Waals surface area contributed by atoms with Gasteiger partial charge in [-0.1, -0.05) is 30.3 Å². The molecule has 0 atom stereocenters. The number of anilines is 1. The molecule has 120 valence electrons. The molecule has 1 aliphatic rings. The van der Waals surface area contributed by atoms with Crippen LogP contribution in [0.5, 0.6) is 0 Å². The number of benzene rings is 1. The predicted octanol–water partition coefficient (Wildman–Crippen LogP) is 2.01. The fraction of sp³-hybridized carbons (Fsp3) is 0.211. The molecule has 0 aliphatic carbocycles. The lowest BCUT2D eigenvalue weighted by Gasteiger charge is -2.30. The Balaban J connectivity index is 1.47. The first-order valence-corrected chi connectivity index (χ1v) is 8.18. The Morgan fingerprint density at radius 3 is 2.50 bits per heavy atom. The van der Waals surface area contributed by atoms with Gasteiger partial charge in [0, 0.05) is 11.5 Å². The van der Waals surface area contributed by atoms with Gasteiger partial charge < -0.3 is 4.90 Å². The van der Waals surface area contributed by atoms with Crippen molar-refractivity contribution in [2.24, 2.45) is 0 Å². The van der Waals surface area contributed by atoms with Crippen molar-refractivity contribution < 1.29 is 9.78 Å². The van der Waals surface area contributed by atoms with Crippen molar-refractivity contribution in [3.8, 4) is 0 Å². The van der Waals surface area contributed by atoms with Crippen molar-refractivity contribution in [2.45, 2.75) is 0 Å². The summed E-state index contributed by atoms with van der Waals surface area (Å²) in [5.41, 5.74) is 1.38. The highest BCUT2D eigenvalue weighted by Gasteiger charge is 2.27. The van der Waals surface area contributed by atoms with Crippen LogP contribution >= 0.6 is 0 Å². The summed E-state index contributed by atoms with van der Waals surface area (Å²) in [6.07, 6.45) is 1.92. The summed E-state index contributed by atoms with van der Waals surface area (Å²) in [5, 5.41) is 1.05. The van der Waals surface area contributed by atoms with Gasteiger partial charge in [-0.15, -0.1) is 0 Å². The fourth-order valence-corrected chi connectivity index (χ4v) is 3.08. The average molecular weight is 319 g/mol. The Morgan fingerprint density at radius 1 is 0.917 bits per heavy atom. The second-order valence-electron chi connectivity index (χ2n) is 5.92. The number of carbonyl (C=O) groups is 1. The molecule has 0 unspecified atom stereocenters. The number of fused-ring (bicyclic) bond motifs is 1. The predicted molar refractivity (Wildman–Crippen MR) is 92.9 cm³/mol. The van der Waals surface area contributed by atoms with Crippen LogP contribution in [0.1, 0.15) is 10.5 Å². The Hall–Kier alpha value is -2.95. The zero-order valence-electron chi connectivity index (χ0n) is 13.4. The molecule has 1 amide bonds. The van der Waals surface area contributed by atoms with Crippen LogP contribution in [0.3, 0.4) is 0 Å². The fourth-order valence-electron chi connectivity index (χ4n) is 3.08. The maximum absolute atomic E-state index is 12.7. The molecule has 4 rings (SSSR count). The molecule has 1 aromatic carbocycles. The zero-order chi connectivity index (χ0) is 16.4. The number of pyridine rings is 2. The molecule has 0 radical (unpaired) electrons. The minimum atomic E-state index is 0.0115. The largest absolute Gasteiger partial charge is 0.329 e. The van der Waals surface area contributed by atoms with Crippen molar-refractivity contribution >= 4 is 22.6 Å². The van der Waals surface area contributed by atoms with E-state index in [0.717, 1.165) is 29.8 Å². The summed E-state index contributed by atoms with van der Waals surface area (Å²) in [6, 6.07) is 17.7. The van der Waals surface area contributed by atoms with Crippen LogP contribution in [-0.4, -0.2) is 42.0 Å². The molecule has 1 saturated heterocycles. The lowest BCUT2D eigenvalue weighted by molar-refractivity contribution is -0.364. The molecular formula is C19H19N4O+. The van der Waals surface area contributed by atoms with Crippen LogP contribution in [0, 0.1) is 0 Å². The van der Waals surface area contributed by atoms with Gasteiger partial charge in [0.05, 0.1) is 24.8 Å². The molecule has 0 saturated carbocycles. The standard InChI is InChI=1S/C19H18N4O/c24-19(17-9-8-15-5-1-2-6-16(15)21-17)23-13-11-22(12-14-23)18-7-3-4-10-20-18/h1-10H,11-14H2/p+1. The Labute approximate surface area is 140 Å². The van der Waals surface area contributed by atoms with Gasteiger partial charge in [0.2, 0.25) is 0 Å². The van der Waals surface area contributed by atoms with Gasteiger partial charge in [0.25, 0.3) is 11.7 Å². The van der Waals surface area contributed by atoms with E-state index in [4.69, 9.17) is 0 Å². The van der Waals surface area contributed by atoms with Crippen LogP contribution in [0.15, 0.2) is 60.8 Å². The van der Waals surface area contributed by atoms with E-state index in [9.17, 15) is 4.79 Å². The van der Waals surface area contributed by atoms with E-state index in [0.29, 0.717) is 18.8 Å². The van der Waals surface area contributed by atoms with Crippen LogP contribution < -0.4 is 9.88 Å². The Morgan fingerprint density at radius 2 is 1.71 bits per heavy atom. The zero-order valence-corrected chi connectivity index (χ0v) is 13.4. The minimum absolute atomic E-state index is 0.0115. The summed E-state index contributed by atoms with van der Waals surface area (Å²) >= 11 is 0. The second-order valence-corrected chi connectivity index (χ2v) is 5.92. The summed E-state index contributed by atoms with van der Waals surface area (Å²) in [7, 11) is 0. The van der Waals surface area contributed by atoms with Crippen LogP contribution in [-0.2, 0) is 0 Å². The lowest BCUT2D eigenvalue weighted by atomic mass is 10.2. The van der Waals surface area contributed by atoms with E-state index < -0.39 is 0 Å². The quantitative estimate of drug-likeness (QED) is 0.726. The van der Waals surface area contributed by atoms with E-state index in [-0.39, 0.29) is 5.91 Å². The summed E-state index contributed by atoms with van der Waals surface area (Å²) in [6.45, 7) is 3.05. The number of H-pyrrole nitrogens is 1. The molecule has 3 aromatic rings. The molecule has 24 heavy (non-hydrogen) atoms. The smallest absolute Gasteiger partial charge is 0.274 e. The first kappa shape index (κ1) is 14.6. The van der Waals surface area contributed by atoms with Crippen LogP contribution in [0.2, 0.25) is 0 Å². The summed E-state index contributed by atoms with van der Waals surface area (Å²) in [4.78, 5) is 24.6. The molecule has 0 bridgehead atoms. The molecule has 1 N–H and O–H groups in total. The molecular weight excluding hydrogens is 300 g/mol. The Bertz CT molecular complexity index is 857. The van der Waals surface area contributed by atoms with Crippen molar-refractivity contribution in [2.75, 3.05) is 31.1 Å². The number of nitrogens with one attached hydrogen (secondary N) is 1. The number of carbonyl (C=O) groups excluding carboxylic acids is 1. The maximum atomic E-state index is 12.7. The molecule has 3 heterocycles. The molecule has 0 spiro atoms. The lowest BCUT2D eigenvalue weighted by Crippen LogP contribution is -2.50. The van der Waals surface area contributed by atoms with Gasteiger partial charge in [-0.2, -0.15) is 0 Å². The normalized spacial score (nSPS) is 14.8. The maximum Gasteiger partial charge on any atom is 0.274 e. The molecule has 1 fully saturated rings. The van der Waals surface area contributed by atoms with E-state index in [1.807, 2.05) is 59.6 Å². The van der Waals surface area contributed by atoms with Gasteiger partial charge >= 0.3 is 0 Å². The highest BCUT2D eigenvalue weighted by atomic mass is 16.2. The van der Waals surface area contributed by atoms with Gasteiger partial charge in [-0.3, -0.25) is 9.69 Å². The highest BCUT2D eigenvalue weighted by molar-refractivity contribution is 5.95. The summed E-state index contributed by atoms with van der Waals surface area (Å²) < 4.78 is 0. The van der Waals surface area contributed by atoms with E-state index >= 15 is 0 Å². The SMILES string of the molecule is O=C(c1ccc2ccccc2n1)N1CCN(c2cccc[nH+]2)CC1. The summed E-state index contributed by atoms with van der Waals surface area (Å²) in [5.74, 6) is 1.10. The minimum Gasteiger partial charge on any atom is -0.329 e. The van der Waals surface area contributed by atoms with E-state index in [2.05, 4.69) is 20.9 Å². The molecule has 5 heteroatoms. The number of hydrogen-bond acceptors (Lipinski definition) is 3. The number of hydrogen-bond donors (Lipinski definition) is 0. The third-order valence-corrected chi connectivity index (χ3v) is 4.42. The highest BCUT2D eigenvalue weighted by Crippen LogP contribution is 2.15. The van der Waals surface area contributed by atoms with Crippen molar-refractivity contribution in [1.82, 2.24) is 9.88 Å². The number of aromatic nitrogens is 2. The van der Waals surface area contributed by atoms with Gasteiger partial charge in [0.1, 0.15) is 18.8 Å². The third-order valence-electron chi connectivity index (χ3n) is 4.42.